The van der Waals surface area contributed by atoms with Gasteiger partial charge in [0.2, 0.25) is 18.6 Å². The molecule has 0 aliphatic carbocycles. The zero-order valence-corrected chi connectivity index (χ0v) is 15.8. The van der Waals surface area contributed by atoms with Crippen LogP contribution in [0.3, 0.4) is 0 Å². The maximum Gasteiger partial charge on any atom is 0.231 e. The van der Waals surface area contributed by atoms with Crippen molar-refractivity contribution in [3.05, 3.63) is 52.8 Å². The Bertz CT molecular complexity index is 952. The van der Waals surface area contributed by atoms with E-state index in [0.29, 0.717) is 22.7 Å². The lowest BCUT2D eigenvalue weighted by Crippen LogP contribution is -2.34. The highest BCUT2D eigenvalue weighted by Gasteiger charge is 2.36. The van der Waals surface area contributed by atoms with Crippen molar-refractivity contribution < 1.29 is 23.5 Å². The van der Waals surface area contributed by atoms with E-state index in [1.165, 1.54) is 12.1 Å². The predicted octanol–water partition coefficient (Wildman–Crippen LogP) is 3.44. The van der Waals surface area contributed by atoms with Gasteiger partial charge in [0, 0.05) is 24.7 Å². The molecule has 1 N–H and O–H groups in total. The van der Waals surface area contributed by atoms with Crippen LogP contribution in [0.4, 0.5) is 10.1 Å². The van der Waals surface area contributed by atoms with Gasteiger partial charge in [0.05, 0.1) is 17.0 Å². The summed E-state index contributed by atoms with van der Waals surface area (Å²) in [5.41, 5.74) is 1.36. The lowest BCUT2D eigenvalue weighted by molar-refractivity contribution is -0.126. The molecule has 8 heteroatoms. The summed E-state index contributed by atoms with van der Waals surface area (Å²) in [6.07, 6.45) is 0.122. The molecule has 1 saturated heterocycles. The Morgan fingerprint density at radius 1 is 1.25 bits per heavy atom. The molecule has 0 spiro atoms. The summed E-state index contributed by atoms with van der Waals surface area (Å²) in [5, 5.41) is 2.88. The summed E-state index contributed by atoms with van der Waals surface area (Å²) in [5.74, 6) is -0.126. The van der Waals surface area contributed by atoms with E-state index in [2.05, 4.69) is 5.32 Å². The fourth-order valence-corrected chi connectivity index (χ4v) is 3.57. The normalized spacial score (nSPS) is 19.0. The molecule has 0 aromatic heterocycles. The fraction of sp³-hybridized carbons (Fsp3) is 0.300. The van der Waals surface area contributed by atoms with E-state index in [-0.39, 0.29) is 42.6 Å². The number of halogens is 2. The molecule has 2 aromatic rings. The van der Waals surface area contributed by atoms with E-state index in [4.69, 9.17) is 21.1 Å². The van der Waals surface area contributed by atoms with Gasteiger partial charge in [-0.3, -0.25) is 9.59 Å². The van der Waals surface area contributed by atoms with E-state index < -0.39 is 11.7 Å². The van der Waals surface area contributed by atoms with Gasteiger partial charge >= 0.3 is 0 Å². The van der Waals surface area contributed by atoms with Crippen molar-refractivity contribution >= 4 is 29.1 Å². The van der Waals surface area contributed by atoms with Crippen LogP contribution in [-0.4, -0.2) is 25.2 Å². The van der Waals surface area contributed by atoms with Crippen LogP contribution < -0.4 is 19.7 Å². The molecule has 4 rings (SSSR count). The molecule has 2 heterocycles. The smallest absolute Gasteiger partial charge is 0.231 e. The van der Waals surface area contributed by atoms with E-state index in [1.54, 1.807) is 36.1 Å². The highest BCUT2D eigenvalue weighted by Crippen LogP contribution is 2.37. The van der Waals surface area contributed by atoms with Crippen LogP contribution in [-0.2, 0) is 9.59 Å². The number of carbonyl (C=O) groups excluding carboxylic acids is 2. The fourth-order valence-electron chi connectivity index (χ4n) is 3.38. The molecule has 2 atom stereocenters. The van der Waals surface area contributed by atoms with Crippen molar-refractivity contribution in [1.29, 1.82) is 0 Å². The van der Waals surface area contributed by atoms with E-state index in [0.717, 1.165) is 0 Å². The zero-order chi connectivity index (χ0) is 19.8. The van der Waals surface area contributed by atoms with Crippen molar-refractivity contribution in [3.8, 4) is 11.5 Å². The third-order valence-electron chi connectivity index (χ3n) is 4.97. The van der Waals surface area contributed by atoms with Crippen LogP contribution >= 0.6 is 11.6 Å². The Balaban J connectivity index is 1.43. The molecule has 2 amide bonds. The van der Waals surface area contributed by atoms with Gasteiger partial charge in [-0.25, -0.2) is 4.39 Å². The first-order valence-corrected chi connectivity index (χ1v) is 9.25. The van der Waals surface area contributed by atoms with Crippen molar-refractivity contribution in [2.45, 2.75) is 19.4 Å². The van der Waals surface area contributed by atoms with Gasteiger partial charge in [-0.15, -0.1) is 0 Å². The number of nitrogens with zero attached hydrogens (tertiary/aromatic N) is 1. The molecule has 2 unspecified atom stereocenters. The first-order valence-electron chi connectivity index (χ1n) is 8.87. The Kier molecular flexibility index (Phi) is 4.85. The average Bonchev–Trinajstić information content (AvgIpc) is 3.29. The minimum atomic E-state index is -0.510. The molecule has 2 aliphatic rings. The van der Waals surface area contributed by atoms with Crippen LogP contribution in [0, 0.1) is 11.7 Å². The second-order valence-corrected chi connectivity index (χ2v) is 7.25. The first kappa shape index (κ1) is 18.6. The maximum absolute atomic E-state index is 13.3. The number of hydrogen-bond acceptors (Lipinski definition) is 4. The third kappa shape index (κ3) is 3.49. The SMILES string of the molecule is CC(NC(=O)C1CC(=O)N(c2ccc3c(c2)OCO3)C1)c1ccc(F)c(Cl)c1. The molecule has 146 valence electrons. The Morgan fingerprint density at radius 2 is 2.04 bits per heavy atom. The number of ether oxygens (including phenoxy) is 2. The van der Waals surface area contributed by atoms with Crippen LogP contribution in [0.25, 0.3) is 0 Å². The number of amides is 2. The standard InChI is InChI=1S/C20H18ClFN2O4/c1-11(12-2-4-16(22)15(21)6-12)23-20(26)13-7-19(25)24(9-13)14-3-5-17-18(8-14)28-10-27-17/h2-6,8,11,13H,7,9-10H2,1H3,(H,23,26). The second kappa shape index (κ2) is 7.31. The van der Waals surface area contributed by atoms with Gasteiger partial charge < -0.3 is 19.7 Å². The lowest BCUT2D eigenvalue weighted by Gasteiger charge is -2.19. The number of benzene rings is 2. The number of nitrogens with one attached hydrogen (secondary N) is 1. The van der Waals surface area contributed by atoms with Gasteiger partial charge in [0.25, 0.3) is 0 Å². The molecule has 2 aromatic carbocycles. The largest absolute Gasteiger partial charge is 0.454 e. The van der Waals surface area contributed by atoms with Gasteiger partial charge in [-0.05, 0) is 36.8 Å². The highest BCUT2D eigenvalue weighted by atomic mass is 35.5. The molecule has 1 fully saturated rings. The minimum Gasteiger partial charge on any atom is -0.454 e. The average molecular weight is 405 g/mol. The Hall–Kier alpha value is -2.80. The van der Waals surface area contributed by atoms with Crippen molar-refractivity contribution in [2.75, 3.05) is 18.2 Å². The number of anilines is 1. The molecular weight excluding hydrogens is 387 g/mol. The van der Waals surface area contributed by atoms with Crippen LogP contribution in [0.1, 0.15) is 24.9 Å². The summed E-state index contributed by atoms with van der Waals surface area (Å²) in [7, 11) is 0. The van der Waals surface area contributed by atoms with E-state index in [9.17, 15) is 14.0 Å². The number of fused-ring (bicyclic) bond motifs is 1. The number of carbonyl (C=O) groups is 2. The van der Waals surface area contributed by atoms with Crippen molar-refractivity contribution in [1.82, 2.24) is 5.32 Å². The van der Waals surface area contributed by atoms with Gasteiger partial charge in [-0.1, -0.05) is 17.7 Å². The van der Waals surface area contributed by atoms with Crippen molar-refractivity contribution in [2.24, 2.45) is 5.92 Å². The molecule has 0 saturated carbocycles. The van der Waals surface area contributed by atoms with E-state index >= 15 is 0 Å². The summed E-state index contributed by atoms with van der Waals surface area (Å²) in [6, 6.07) is 9.23. The van der Waals surface area contributed by atoms with Gasteiger partial charge in [-0.2, -0.15) is 0 Å². The van der Waals surface area contributed by atoms with Crippen LogP contribution in [0.5, 0.6) is 11.5 Å². The Labute approximate surface area is 166 Å². The molecule has 6 nitrogen and oxygen atoms in total. The summed E-state index contributed by atoms with van der Waals surface area (Å²) < 4.78 is 24.0. The topological polar surface area (TPSA) is 67.9 Å². The van der Waals surface area contributed by atoms with Gasteiger partial charge in [0.15, 0.2) is 11.5 Å². The summed E-state index contributed by atoms with van der Waals surface area (Å²) >= 11 is 5.81. The molecule has 28 heavy (non-hydrogen) atoms. The Morgan fingerprint density at radius 3 is 2.82 bits per heavy atom. The quantitative estimate of drug-likeness (QED) is 0.847. The van der Waals surface area contributed by atoms with E-state index in [1.807, 2.05) is 0 Å². The van der Waals surface area contributed by atoms with Crippen molar-refractivity contribution in [3.63, 3.8) is 0 Å². The molecule has 0 bridgehead atoms. The summed E-state index contributed by atoms with van der Waals surface area (Å²) in [6.45, 7) is 2.22. The number of hydrogen-bond donors (Lipinski definition) is 1. The molecular formula is C20H18ClFN2O4. The third-order valence-corrected chi connectivity index (χ3v) is 5.26. The maximum atomic E-state index is 13.3. The number of rotatable bonds is 4. The summed E-state index contributed by atoms with van der Waals surface area (Å²) in [4.78, 5) is 26.7. The second-order valence-electron chi connectivity index (χ2n) is 6.85. The van der Waals surface area contributed by atoms with Crippen LogP contribution in [0.2, 0.25) is 5.02 Å². The monoisotopic (exact) mass is 404 g/mol. The van der Waals surface area contributed by atoms with Crippen LogP contribution in [0.15, 0.2) is 36.4 Å². The minimum absolute atomic E-state index is 0.00336. The predicted molar refractivity (Wildman–Crippen MR) is 101 cm³/mol. The first-order chi connectivity index (χ1) is 13.4. The molecule has 2 aliphatic heterocycles. The zero-order valence-electron chi connectivity index (χ0n) is 15.1. The lowest BCUT2D eigenvalue weighted by atomic mass is 10.0. The van der Waals surface area contributed by atoms with Gasteiger partial charge in [0.1, 0.15) is 5.82 Å². The highest BCUT2D eigenvalue weighted by molar-refractivity contribution is 6.30. The molecule has 0 radical (unpaired) electrons.